The van der Waals surface area contributed by atoms with E-state index in [4.69, 9.17) is 9.47 Å². The number of fused-ring (bicyclic) bond motifs is 1. The van der Waals surface area contributed by atoms with E-state index in [-0.39, 0.29) is 5.69 Å². The Hall–Kier alpha value is -1.76. The number of ether oxygens (including phenoxy) is 2. The minimum absolute atomic E-state index is 0.151. The third-order valence-electron chi connectivity index (χ3n) is 2.94. The first-order valence-electron chi connectivity index (χ1n) is 5.81. The monoisotopic (exact) mass is 325 g/mol. The highest BCUT2D eigenvalue weighted by Gasteiger charge is 2.15. The topological polar surface area (TPSA) is 58.3 Å². The molecule has 100 valence electrons. The van der Waals surface area contributed by atoms with Gasteiger partial charge in [0.2, 0.25) is 0 Å². The van der Waals surface area contributed by atoms with Gasteiger partial charge in [-0.25, -0.2) is 9.48 Å². The molecule has 19 heavy (non-hydrogen) atoms. The quantitative estimate of drug-likeness (QED) is 0.831. The van der Waals surface area contributed by atoms with Crippen LogP contribution in [-0.2, 0) is 13.6 Å². The van der Waals surface area contributed by atoms with Gasteiger partial charge in [-0.1, -0.05) is 15.9 Å². The zero-order chi connectivity index (χ0) is 13.4. The van der Waals surface area contributed by atoms with Crippen LogP contribution in [-0.4, -0.2) is 27.6 Å². The van der Waals surface area contributed by atoms with Crippen molar-refractivity contribution in [2.24, 2.45) is 7.05 Å². The second kappa shape index (κ2) is 4.73. The molecule has 0 saturated carbocycles. The summed E-state index contributed by atoms with van der Waals surface area (Å²) in [6.07, 6.45) is 1.52. The summed E-state index contributed by atoms with van der Waals surface area (Å²) in [4.78, 5) is 11.8. The molecule has 1 aromatic heterocycles. The molecule has 0 spiro atoms. The zero-order valence-electron chi connectivity index (χ0n) is 10.3. The predicted octanol–water partition coefficient (Wildman–Crippen LogP) is 1.16. The van der Waals surface area contributed by atoms with Crippen molar-refractivity contribution in [3.8, 4) is 11.5 Å². The molecule has 0 radical (unpaired) electrons. The van der Waals surface area contributed by atoms with E-state index in [0.29, 0.717) is 25.5 Å². The molecule has 6 nitrogen and oxygen atoms in total. The number of hydrogen-bond acceptors (Lipinski definition) is 4. The van der Waals surface area contributed by atoms with Crippen LogP contribution in [0.25, 0.3) is 0 Å². The third-order valence-corrected chi connectivity index (χ3v) is 3.68. The lowest BCUT2D eigenvalue weighted by Gasteiger charge is -2.19. The molecule has 0 N–H and O–H groups in total. The summed E-state index contributed by atoms with van der Waals surface area (Å²) >= 11 is 3.49. The second-order valence-corrected chi connectivity index (χ2v) is 5.11. The number of hydrogen-bond donors (Lipinski definition) is 0. The fourth-order valence-electron chi connectivity index (χ4n) is 1.94. The molecule has 0 amide bonds. The lowest BCUT2D eigenvalue weighted by Crippen LogP contribution is -2.23. The molecule has 2 aromatic rings. The van der Waals surface area contributed by atoms with Gasteiger partial charge in [-0.05, 0) is 17.7 Å². The summed E-state index contributed by atoms with van der Waals surface area (Å²) < 4.78 is 14.8. The summed E-state index contributed by atoms with van der Waals surface area (Å²) in [5, 5.41) is 3.93. The molecule has 0 fully saturated rings. The molecule has 1 aliphatic rings. The molecule has 2 heterocycles. The van der Waals surface area contributed by atoms with Crippen molar-refractivity contribution in [3.05, 3.63) is 39.0 Å². The summed E-state index contributed by atoms with van der Waals surface area (Å²) in [6, 6.07) is 3.75. The Morgan fingerprint density at radius 1 is 1.32 bits per heavy atom. The Kier molecular flexibility index (Phi) is 3.06. The van der Waals surface area contributed by atoms with Crippen molar-refractivity contribution >= 4 is 15.9 Å². The molecule has 7 heteroatoms. The van der Waals surface area contributed by atoms with Gasteiger partial charge in [0.1, 0.15) is 19.5 Å². The fraction of sp³-hybridized carbons (Fsp3) is 0.333. The van der Waals surface area contributed by atoms with E-state index in [1.165, 1.54) is 15.6 Å². The SMILES string of the molecule is Cn1ncn(Cc2cc3c(cc2Br)OCCO3)c1=O. The lowest BCUT2D eigenvalue weighted by atomic mass is 10.2. The summed E-state index contributed by atoms with van der Waals surface area (Å²) in [6.45, 7) is 1.53. The Labute approximate surface area is 117 Å². The Bertz CT molecular complexity index is 677. The van der Waals surface area contributed by atoms with Gasteiger partial charge in [0.05, 0.1) is 6.54 Å². The minimum atomic E-state index is -0.151. The number of rotatable bonds is 2. The van der Waals surface area contributed by atoms with Crippen LogP contribution < -0.4 is 15.2 Å². The molecule has 3 rings (SSSR count). The Morgan fingerprint density at radius 2 is 2.00 bits per heavy atom. The predicted molar refractivity (Wildman–Crippen MR) is 71.7 cm³/mol. The van der Waals surface area contributed by atoms with Gasteiger partial charge < -0.3 is 9.47 Å². The van der Waals surface area contributed by atoms with Gasteiger partial charge in [-0.15, -0.1) is 0 Å². The maximum absolute atomic E-state index is 11.8. The van der Waals surface area contributed by atoms with Crippen LogP contribution >= 0.6 is 15.9 Å². The van der Waals surface area contributed by atoms with Crippen LogP contribution in [0.5, 0.6) is 11.5 Å². The summed E-state index contributed by atoms with van der Waals surface area (Å²) in [7, 11) is 1.62. The van der Waals surface area contributed by atoms with Gasteiger partial charge >= 0.3 is 5.69 Å². The van der Waals surface area contributed by atoms with Crippen LogP contribution in [0.4, 0.5) is 0 Å². The van der Waals surface area contributed by atoms with E-state index < -0.39 is 0 Å². The first kappa shape index (κ1) is 12.3. The number of halogens is 1. The molecular weight excluding hydrogens is 314 g/mol. The summed E-state index contributed by atoms with van der Waals surface area (Å²) in [5.74, 6) is 1.43. The second-order valence-electron chi connectivity index (χ2n) is 4.25. The summed E-state index contributed by atoms with van der Waals surface area (Å²) in [5.41, 5.74) is 0.793. The Balaban J connectivity index is 1.97. The lowest BCUT2D eigenvalue weighted by molar-refractivity contribution is 0.171. The van der Waals surface area contributed by atoms with Gasteiger partial charge in [-0.2, -0.15) is 5.10 Å². The van der Waals surface area contributed by atoms with E-state index >= 15 is 0 Å². The zero-order valence-corrected chi connectivity index (χ0v) is 11.9. The van der Waals surface area contributed by atoms with Crippen molar-refractivity contribution in [1.29, 1.82) is 0 Å². The van der Waals surface area contributed by atoms with Crippen LogP contribution in [0.3, 0.4) is 0 Å². The van der Waals surface area contributed by atoms with Crippen molar-refractivity contribution in [2.75, 3.05) is 13.2 Å². The van der Waals surface area contributed by atoms with E-state index in [0.717, 1.165) is 15.8 Å². The molecule has 0 bridgehead atoms. The highest BCUT2D eigenvalue weighted by molar-refractivity contribution is 9.10. The molecule has 0 aliphatic carbocycles. The minimum Gasteiger partial charge on any atom is -0.486 e. The molecule has 0 saturated heterocycles. The first-order valence-corrected chi connectivity index (χ1v) is 6.61. The maximum atomic E-state index is 11.8. The van der Waals surface area contributed by atoms with E-state index in [1.807, 2.05) is 12.1 Å². The number of nitrogens with zero attached hydrogens (tertiary/aromatic N) is 3. The van der Waals surface area contributed by atoms with Crippen LogP contribution in [0, 0.1) is 0 Å². The van der Waals surface area contributed by atoms with Crippen LogP contribution in [0.2, 0.25) is 0 Å². The standard InChI is InChI=1S/C12H12BrN3O3/c1-15-12(17)16(7-14-15)6-8-4-10-11(5-9(8)13)19-3-2-18-10/h4-5,7H,2-3,6H2,1H3. The van der Waals surface area contributed by atoms with Gasteiger partial charge in [0.25, 0.3) is 0 Å². The molecule has 0 unspecified atom stereocenters. The number of aromatic nitrogens is 3. The van der Waals surface area contributed by atoms with Crippen molar-refractivity contribution in [2.45, 2.75) is 6.54 Å². The van der Waals surface area contributed by atoms with Crippen LogP contribution in [0.15, 0.2) is 27.7 Å². The van der Waals surface area contributed by atoms with Crippen molar-refractivity contribution < 1.29 is 9.47 Å². The van der Waals surface area contributed by atoms with E-state index in [9.17, 15) is 4.79 Å². The fourth-order valence-corrected chi connectivity index (χ4v) is 2.39. The smallest absolute Gasteiger partial charge is 0.345 e. The average molecular weight is 326 g/mol. The van der Waals surface area contributed by atoms with Crippen molar-refractivity contribution in [3.63, 3.8) is 0 Å². The molecule has 0 atom stereocenters. The molecule has 1 aliphatic heterocycles. The number of benzene rings is 1. The third kappa shape index (κ3) is 2.25. The Morgan fingerprint density at radius 3 is 2.63 bits per heavy atom. The van der Waals surface area contributed by atoms with Gasteiger partial charge in [-0.3, -0.25) is 4.57 Å². The van der Waals surface area contributed by atoms with E-state index in [2.05, 4.69) is 21.0 Å². The maximum Gasteiger partial charge on any atom is 0.345 e. The van der Waals surface area contributed by atoms with Crippen LogP contribution in [0.1, 0.15) is 5.56 Å². The van der Waals surface area contributed by atoms with Gasteiger partial charge in [0.15, 0.2) is 11.5 Å². The first-order chi connectivity index (χ1) is 9.15. The van der Waals surface area contributed by atoms with Gasteiger partial charge in [0, 0.05) is 11.5 Å². The molecular formula is C12H12BrN3O3. The normalized spacial score (nSPS) is 13.6. The number of aryl methyl sites for hydroxylation is 1. The highest BCUT2D eigenvalue weighted by atomic mass is 79.9. The average Bonchev–Trinajstić information content (AvgIpc) is 2.71. The van der Waals surface area contributed by atoms with Crippen molar-refractivity contribution in [1.82, 2.24) is 14.3 Å². The molecule has 1 aromatic carbocycles. The highest BCUT2D eigenvalue weighted by Crippen LogP contribution is 2.35. The largest absolute Gasteiger partial charge is 0.486 e. The van der Waals surface area contributed by atoms with E-state index in [1.54, 1.807) is 7.05 Å².